The molecule has 0 heterocycles. The van der Waals surface area contributed by atoms with E-state index in [-0.39, 0.29) is 0 Å². The van der Waals surface area contributed by atoms with Crippen molar-refractivity contribution >= 4 is 11.7 Å². The largest absolute Gasteiger partial charge is 0.478 e. The Balaban J connectivity index is 3.16. The molecule has 0 bridgehead atoms. The Labute approximate surface area is 106 Å². The van der Waals surface area contributed by atoms with Gasteiger partial charge < -0.3 is 25.7 Å². The molecule has 0 aliphatic carbocycles. The molecular weight excluding hydrogens is 264 g/mol. The SMILES string of the molecule is O=C(O)c1ccc(NC(CO)(CO)CO)c(F)c1F. The van der Waals surface area contributed by atoms with E-state index in [9.17, 15) is 13.6 Å². The Hall–Kier alpha value is -1.77. The Bertz CT molecular complexity index is 468. The molecule has 1 aromatic carbocycles. The van der Waals surface area contributed by atoms with Crippen molar-refractivity contribution in [2.45, 2.75) is 5.54 Å². The van der Waals surface area contributed by atoms with Gasteiger partial charge in [-0.25, -0.2) is 13.6 Å². The number of aromatic carboxylic acids is 1. The zero-order valence-corrected chi connectivity index (χ0v) is 9.73. The van der Waals surface area contributed by atoms with Gasteiger partial charge in [-0.2, -0.15) is 0 Å². The lowest BCUT2D eigenvalue weighted by atomic mass is 10.0. The molecule has 0 aromatic heterocycles. The lowest BCUT2D eigenvalue weighted by molar-refractivity contribution is 0.0689. The van der Waals surface area contributed by atoms with Crippen molar-refractivity contribution in [1.29, 1.82) is 0 Å². The summed E-state index contributed by atoms with van der Waals surface area (Å²) in [6, 6.07) is 1.78. The molecule has 0 saturated carbocycles. The van der Waals surface area contributed by atoms with Gasteiger partial charge in [0.2, 0.25) is 0 Å². The van der Waals surface area contributed by atoms with Gasteiger partial charge in [0.15, 0.2) is 11.6 Å². The predicted molar refractivity (Wildman–Crippen MR) is 60.9 cm³/mol. The summed E-state index contributed by atoms with van der Waals surface area (Å²) in [6.07, 6.45) is 0. The van der Waals surface area contributed by atoms with Crippen LogP contribution in [-0.2, 0) is 0 Å². The van der Waals surface area contributed by atoms with Crippen molar-refractivity contribution in [3.63, 3.8) is 0 Å². The number of carboxylic acids is 1. The second-order valence-electron chi connectivity index (χ2n) is 3.97. The quantitative estimate of drug-likeness (QED) is 0.492. The number of hydrogen-bond donors (Lipinski definition) is 5. The monoisotopic (exact) mass is 277 g/mol. The first-order valence-electron chi connectivity index (χ1n) is 5.23. The van der Waals surface area contributed by atoms with E-state index < -0.39 is 54.2 Å². The van der Waals surface area contributed by atoms with Crippen LogP contribution in [0, 0.1) is 11.6 Å². The fourth-order valence-electron chi connectivity index (χ4n) is 1.37. The summed E-state index contributed by atoms with van der Waals surface area (Å²) in [5.41, 5.74) is -2.96. The Morgan fingerprint density at radius 3 is 2.05 bits per heavy atom. The van der Waals surface area contributed by atoms with Crippen LogP contribution in [0.2, 0.25) is 0 Å². The van der Waals surface area contributed by atoms with Gasteiger partial charge in [0.25, 0.3) is 0 Å². The van der Waals surface area contributed by atoms with Crippen LogP contribution in [0.4, 0.5) is 14.5 Å². The van der Waals surface area contributed by atoms with Gasteiger partial charge in [0.05, 0.1) is 31.1 Å². The highest BCUT2D eigenvalue weighted by Gasteiger charge is 2.30. The molecule has 1 aromatic rings. The van der Waals surface area contributed by atoms with Crippen LogP contribution in [0.3, 0.4) is 0 Å². The van der Waals surface area contributed by atoms with Gasteiger partial charge in [-0.05, 0) is 12.1 Å². The molecule has 1 rings (SSSR count). The topological polar surface area (TPSA) is 110 Å². The van der Waals surface area contributed by atoms with Crippen LogP contribution >= 0.6 is 0 Å². The number of carboxylic acid groups (broad SMARTS) is 1. The highest BCUT2D eigenvalue weighted by molar-refractivity contribution is 5.88. The van der Waals surface area contributed by atoms with E-state index in [0.717, 1.165) is 12.1 Å². The van der Waals surface area contributed by atoms with Gasteiger partial charge in [-0.3, -0.25) is 0 Å². The Kier molecular flexibility index (Phi) is 4.76. The molecule has 0 fully saturated rings. The van der Waals surface area contributed by atoms with Crippen molar-refractivity contribution in [1.82, 2.24) is 0 Å². The summed E-state index contributed by atoms with van der Waals surface area (Å²) >= 11 is 0. The van der Waals surface area contributed by atoms with Gasteiger partial charge in [-0.15, -0.1) is 0 Å². The highest BCUT2D eigenvalue weighted by Crippen LogP contribution is 2.23. The minimum Gasteiger partial charge on any atom is -0.478 e. The zero-order valence-electron chi connectivity index (χ0n) is 9.73. The van der Waals surface area contributed by atoms with E-state index in [1.54, 1.807) is 0 Å². The zero-order chi connectivity index (χ0) is 14.6. The number of aliphatic hydroxyl groups excluding tert-OH is 3. The molecule has 0 amide bonds. The summed E-state index contributed by atoms with van der Waals surface area (Å²) in [5.74, 6) is -4.67. The number of nitrogens with one attached hydrogen (secondary N) is 1. The third-order valence-electron chi connectivity index (χ3n) is 2.62. The second-order valence-corrected chi connectivity index (χ2v) is 3.97. The minimum atomic E-state index is -1.64. The average Bonchev–Trinajstić information content (AvgIpc) is 2.40. The predicted octanol–water partition coefficient (Wildman–Crippen LogP) is -0.209. The number of rotatable bonds is 6. The van der Waals surface area contributed by atoms with Crippen LogP contribution < -0.4 is 5.32 Å². The third kappa shape index (κ3) is 2.98. The molecule has 6 nitrogen and oxygen atoms in total. The summed E-state index contributed by atoms with van der Waals surface area (Å²) in [7, 11) is 0. The first-order valence-corrected chi connectivity index (χ1v) is 5.23. The average molecular weight is 277 g/mol. The smallest absolute Gasteiger partial charge is 0.338 e. The fraction of sp³-hybridized carbons (Fsp3) is 0.364. The number of anilines is 1. The maximum Gasteiger partial charge on any atom is 0.338 e. The first kappa shape index (κ1) is 15.3. The maximum absolute atomic E-state index is 13.6. The summed E-state index contributed by atoms with van der Waals surface area (Å²) < 4.78 is 27.0. The number of hydrogen-bond acceptors (Lipinski definition) is 5. The molecular formula is C11H13F2NO5. The van der Waals surface area contributed by atoms with Crippen LogP contribution in [0.15, 0.2) is 12.1 Å². The lowest BCUT2D eigenvalue weighted by Crippen LogP contribution is -2.49. The van der Waals surface area contributed by atoms with Crippen LogP contribution in [-0.4, -0.2) is 51.8 Å². The molecule has 5 N–H and O–H groups in total. The molecule has 106 valence electrons. The van der Waals surface area contributed by atoms with Crippen molar-refractivity contribution in [3.05, 3.63) is 29.3 Å². The van der Waals surface area contributed by atoms with Crippen LogP contribution in [0.5, 0.6) is 0 Å². The molecule has 8 heteroatoms. The highest BCUT2D eigenvalue weighted by atomic mass is 19.2. The second kappa shape index (κ2) is 5.91. The molecule has 0 unspecified atom stereocenters. The van der Waals surface area contributed by atoms with E-state index in [1.165, 1.54) is 0 Å². The van der Waals surface area contributed by atoms with E-state index in [2.05, 4.69) is 5.32 Å². The fourth-order valence-corrected chi connectivity index (χ4v) is 1.37. The molecule has 0 aliphatic rings. The molecule has 0 saturated heterocycles. The first-order chi connectivity index (χ1) is 8.90. The molecule has 0 atom stereocenters. The number of aliphatic hydroxyl groups is 3. The molecule has 19 heavy (non-hydrogen) atoms. The minimum absolute atomic E-state index is 0.473. The molecule has 0 spiro atoms. The summed E-state index contributed by atoms with van der Waals surface area (Å²) in [4.78, 5) is 10.6. The maximum atomic E-state index is 13.6. The van der Waals surface area contributed by atoms with Gasteiger partial charge in [0.1, 0.15) is 5.54 Å². The van der Waals surface area contributed by atoms with Crippen LogP contribution in [0.25, 0.3) is 0 Å². The van der Waals surface area contributed by atoms with Crippen molar-refractivity contribution in [2.24, 2.45) is 0 Å². The van der Waals surface area contributed by atoms with Crippen molar-refractivity contribution < 1.29 is 34.0 Å². The van der Waals surface area contributed by atoms with Crippen molar-refractivity contribution in [2.75, 3.05) is 25.1 Å². The number of benzene rings is 1. The van der Waals surface area contributed by atoms with Gasteiger partial charge >= 0.3 is 5.97 Å². The Morgan fingerprint density at radius 1 is 1.11 bits per heavy atom. The van der Waals surface area contributed by atoms with Crippen LogP contribution in [0.1, 0.15) is 10.4 Å². The number of halogens is 2. The van der Waals surface area contributed by atoms with E-state index >= 15 is 0 Å². The summed E-state index contributed by atoms with van der Waals surface area (Å²) in [5, 5.41) is 38.0. The Morgan fingerprint density at radius 2 is 1.63 bits per heavy atom. The molecule has 0 radical (unpaired) electrons. The summed E-state index contributed by atoms with van der Waals surface area (Å²) in [6.45, 7) is -2.20. The van der Waals surface area contributed by atoms with E-state index in [4.69, 9.17) is 20.4 Å². The third-order valence-corrected chi connectivity index (χ3v) is 2.62. The van der Waals surface area contributed by atoms with Gasteiger partial charge in [-0.1, -0.05) is 0 Å². The normalized spacial score (nSPS) is 11.4. The molecule has 0 aliphatic heterocycles. The number of carbonyl (C=O) groups is 1. The van der Waals surface area contributed by atoms with Gasteiger partial charge in [0, 0.05) is 0 Å². The van der Waals surface area contributed by atoms with E-state index in [0.29, 0.717) is 0 Å². The lowest BCUT2D eigenvalue weighted by Gasteiger charge is -2.30. The van der Waals surface area contributed by atoms with Crippen molar-refractivity contribution in [3.8, 4) is 0 Å². The van der Waals surface area contributed by atoms with E-state index in [1.807, 2.05) is 0 Å². The standard InChI is InChI=1S/C11H13F2NO5/c12-8-6(10(18)19)1-2-7(9(8)13)14-11(3-15,4-16)5-17/h1-2,14-17H,3-5H2,(H,18,19).